The van der Waals surface area contributed by atoms with Crippen LogP contribution < -0.4 is 4.90 Å². The fraction of sp³-hybridized carbons (Fsp3) is 0.600. The van der Waals surface area contributed by atoms with Crippen molar-refractivity contribution < 1.29 is 9.50 Å². The van der Waals surface area contributed by atoms with Gasteiger partial charge in [-0.2, -0.15) is 4.39 Å². The van der Waals surface area contributed by atoms with Gasteiger partial charge in [0.05, 0.1) is 0 Å². The summed E-state index contributed by atoms with van der Waals surface area (Å²) in [5.41, 5.74) is 0. The molecule has 5 heteroatoms. The van der Waals surface area contributed by atoms with Crippen molar-refractivity contribution in [3.05, 3.63) is 18.3 Å². The van der Waals surface area contributed by atoms with Crippen LogP contribution in [0.25, 0.3) is 0 Å². The van der Waals surface area contributed by atoms with Gasteiger partial charge in [0.1, 0.15) is 12.1 Å². The highest BCUT2D eigenvalue weighted by molar-refractivity contribution is 5.37. The van der Waals surface area contributed by atoms with Gasteiger partial charge in [-0.1, -0.05) is 0 Å². The first-order valence-electron chi connectivity index (χ1n) is 5.00. The smallest absolute Gasteiger partial charge is 0.218 e. The van der Waals surface area contributed by atoms with E-state index in [1.165, 1.54) is 12.4 Å². The average Bonchev–Trinajstić information content (AvgIpc) is 2.18. The summed E-state index contributed by atoms with van der Waals surface area (Å²) < 4.78 is 12.9. The van der Waals surface area contributed by atoms with Gasteiger partial charge in [-0.05, 0) is 20.3 Å². The van der Waals surface area contributed by atoms with Gasteiger partial charge < -0.3 is 10.0 Å². The van der Waals surface area contributed by atoms with Crippen molar-refractivity contribution in [1.29, 1.82) is 0 Å². The number of anilines is 1. The molecule has 0 saturated heterocycles. The average molecular weight is 213 g/mol. The zero-order valence-corrected chi connectivity index (χ0v) is 9.02. The standard InChI is InChI=1S/C10H16FN3O/c1-8(2)14(4-3-5-15)10-6-9(11)12-7-13-10/h6-8,15H,3-5H2,1-2H3. The van der Waals surface area contributed by atoms with Crippen LogP contribution in [0.2, 0.25) is 0 Å². The molecule has 0 aliphatic rings. The molecule has 1 rings (SSSR count). The SMILES string of the molecule is CC(C)N(CCCO)c1cc(F)ncn1. The van der Waals surface area contributed by atoms with E-state index in [0.717, 1.165) is 0 Å². The molecule has 0 bridgehead atoms. The molecule has 0 radical (unpaired) electrons. The van der Waals surface area contributed by atoms with Gasteiger partial charge in [-0.3, -0.25) is 0 Å². The van der Waals surface area contributed by atoms with Gasteiger partial charge in [0.2, 0.25) is 5.95 Å². The molecule has 0 aromatic carbocycles. The normalized spacial score (nSPS) is 10.7. The number of halogens is 1. The van der Waals surface area contributed by atoms with Crippen molar-refractivity contribution in [2.24, 2.45) is 0 Å². The van der Waals surface area contributed by atoms with E-state index in [4.69, 9.17) is 5.11 Å². The van der Waals surface area contributed by atoms with Gasteiger partial charge in [-0.25, -0.2) is 9.97 Å². The first kappa shape index (κ1) is 11.8. The van der Waals surface area contributed by atoms with Crippen molar-refractivity contribution in [2.45, 2.75) is 26.3 Å². The van der Waals surface area contributed by atoms with Gasteiger partial charge >= 0.3 is 0 Å². The van der Waals surface area contributed by atoms with E-state index in [2.05, 4.69) is 9.97 Å². The first-order chi connectivity index (χ1) is 7.15. The van der Waals surface area contributed by atoms with Crippen molar-refractivity contribution in [2.75, 3.05) is 18.1 Å². The highest BCUT2D eigenvalue weighted by atomic mass is 19.1. The Hall–Kier alpha value is -1.23. The third-order valence-electron chi connectivity index (χ3n) is 2.09. The van der Waals surface area contributed by atoms with Gasteiger partial charge in [-0.15, -0.1) is 0 Å². The van der Waals surface area contributed by atoms with Crippen LogP contribution in [-0.4, -0.2) is 34.3 Å². The van der Waals surface area contributed by atoms with Gasteiger partial charge in [0, 0.05) is 25.3 Å². The minimum absolute atomic E-state index is 0.122. The topological polar surface area (TPSA) is 49.2 Å². The summed E-state index contributed by atoms with van der Waals surface area (Å²) in [7, 11) is 0. The maximum absolute atomic E-state index is 12.9. The fourth-order valence-electron chi connectivity index (χ4n) is 1.36. The Morgan fingerprint density at radius 3 is 2.73 bits per heavy atom. The van der Waals surface area contributed by atoms with E-state index < -0.39 is 5.95 Å². The minimum atomic E-state index is -0.533. The zero-order chi connectivity index (χ0) is 11.3. The molecule has 1 heterocycles. The van der Waals surface area contributed by atoms with E-state index in [0.29, 0.717) is 18.8 Å². The van der Waals surface area contributed by atoms with Crippen molar-refractivity contribution >= 4 is 5.82 Å². The van der Waals surface area contributed by atoms with E-state index in [-0.39, 0.29) is 12.6 Å². The van der Waals surface area contributed by atoms with Crippen LogP contribution >= 0.6 is 0 Å². The molecule has 84 valence electrons. The van der Waals surface area contributed by atoms with Crippen molar-refractivity contribution in [1.82, 2.24) is 9.97 Å². The molecule has 0 fully saturated rings. The van der Waals surface area contributed by atoms with Crippen LogP contribution in [0.3, 0.4) is 0 Å². The Morgan fingerprint density at radius 1 is 1.47 bits per heavy atom. The number of nitrogens with zero attached hydrogens (tertiary/aromatic N) is 3. The molecule has 4 nitrogen and oxygen atoms in total. The minimum Gasteiger partial charge on any atom is -0.396 e. The Morgan fingerprint density at radius 2 is 2.20 bits per heavy atom. The van der Waals surface area contributed by atoms with E-state index in [1.807, 2.05) is 18.7 Å². The Bertz CT molecular complexity index is 306. The molecular weight excluding hydrogens is 197 g/mol. The fourth-order valence-corrected chi connectivity index (χ4v) is 1.36. The highest BCUT2D eigenvalue weighted by Crippen LogP contribution is 2.13. The molecule has 1 aromatic heterocycles. The van der Waals surface area contributed by atoms with Crippen LogP contribution in [0.5, 0.6) is 0 Å². The summed E-state index contributed by atoms with van der Waals surface area (Å²) in [6.45, 7) is 4.77. The van der Waals surface area contributed by atoms with Crippen LogP contribution in [0, 0.1) is 5.95 Å². The van der Waals surface area contributed by atoms with Crippen LogP contribution in [0.15, 0.2) is 12.4 Å². The molecule has 0 saturated carbocycles. The van der Waals surface area contributed by atoms with Gasteiger partial charge in [0.25, 0.3) is 0 Å². The summed E-state index contributed by atoms with van der Waals surface area (Å²) in [5.74, 6) is 0.0283. The highest BCUT2D eigenvalue weighted by Gasteiger charge is 2.12. The Balaban J connectivity index is 2.79. The maximum Gasteiger partial charge on any atom is 0.218 e. The molecule has 15 heavy (non-hydrogen) atoms. The van der Waals surface area contributed by atoms with E-state index >= 15 is 0 Å². The number of hydrogen-bond donors (Lipinski definition) is 1. The lowest BCUT2D eigenvalue weighted by Gasteiger charge is -2.27. The Labute approximate surface area is 88.8 Å². The maximum atomic E-state index is 12.9. The molecule has 0 aliphatic heterocycles. The van der Waals surface area contributed by atoms with E-state index in [1.54, 1.807) is 0 Å². The van der Waals surface area contributed by atoms with Crippen LogP contribution in [0.1, 0.15) is 20.3 Å². The third kappa shape index (κ3) is 3.43. The van der Waals surface area contributed by atoms with Gasteiger partial charge in [0.15, 0.2) is 0 Å². The third-order valence-corrected chi connectivity index (χ3v) is 2.09. The van der Waals surface area contributed by atoms with Crippen LogP contribution in [-0.2, 0) is 0 Å². The number of rotatable bonds is 5. The second-order valence-corrected chi connectivity index (χ2v) is 3.56. The Kier molecular flexibility index (Phi) is 4.42. The predicted octanol–water partition coefficient (Wildman–Crippen LogP) is 1.21. The number of aromatic nitrogens is 2. The largest absolute Gasteiger partial charge is 0.396 e. The number of aliphatic hydroxyl groups excluding tert-OH is 1. The molecule has 0 amide bonds. The number of hydrogen-bond acceptors (Lipinski definition) is 4. The summed E-state index contributed by atoms with van der Waals surface area (Å²) in [5, 5.41) is 8.76. The molecule has 0 aliphatic carbocycles. The zero-order valence-electron chi connectivity index (χ0n) is 9.02. The second-order valence-electron chi connectivity index (χ2n) is 3.56. The molecule has 1 aromatic rings. The predicted molar refractivity (Wildman–Crippen MR) is 56.2 cm³/mol. The molecule has 0 atom stereocenters. The summed E-state index contributed by atoms with van der Waals surface area (Å²) in [6, 6.07) is 1.52. The van der Waals surface area contributed by atoms with Crippen molar-refractivity contribution in [3.8, 4) is 0 Å². The monoisotopic (exact) mass is 213 g/mol. The second kappa shape index (κ2) is 5.60. The molecule has 0 unspecified atom stereocenters. The first-order valence-corrected chi connectivity index (χ1v) is 5.00. The molecule has 0 spiro atoms. The lowest BCUT2D eigenvalue weighted by Crippen LogP contribution is -2.33. The van der Waals surface area contributed by atoms with E-state index in [9.17, 15) is 4.39 Å². The summed E-state index contributed by atoms with van der Waals surface area (Å²) in [4.78, 5) is 9.35. The van der Waals surface area contributed by atoms with Crippen LogP contribution in [0.4, 0.5) is 10.2 Å². The number of aliphatic hydroxyl groups is 1. The lowest BCUT2D eigenvalue weighted by molar-refractivity contribution is 0.288. The molecule has 1 N–H and O–H groups in total. The summed E-state index contributed by atoms with van der Waals surface area (Å²) >= 11 is 0. The quantitative estimate of drug-likeness (QED) is 0.747. The van der Waals surface area contributed by atoms with Crippen molar-refractivity contribution in [3.63, 3.8) is 0 Å². The summed E-state index contributed by atoms with van der Waals surface area (Å²) in [6.07, 6.45) is 1.85. The molecular formula is C10H16FN3O. The lowest BCUT2D eigenvalue weighted by atomic mass is 10.3.